The van der Waals surface area contributed by atoms with Crippen molar-refractivity contribution in [2.24, 2.45) is 0 Å². The second-order valence-corrected chi connectivity index (χ2v) is 30.9. The average molecular weight is 1390 g/mol. The van der Waals surface area contributed by atoms with Crippen molar-refractivity contribution in [3.63, 3.8) is 0 Å². The van der Waals surface area contributed by atoms with Crippen LogP contribution in [-0.4, -0.2) is 70.0 Å². The third-order valence-electron chi connectivity index (χ3n) is 18.6. The molecular weight excluding hydrogens is 1230 g/mol. The summed E-state index contributed by atoms with van der Waals surface area (Å²) in [5.41, 5.74) is 0. The lowest BCUT2D eigenvalue weighted by Crippen LogP contribution is -2.37. The second-order valence-electron chi connectivity index (χ2n) is 29.5. The number of rotatable bonds is 78. The third kappa shape index (κ3) is 81.9. The number of phosphoric acid groups is 1. The first-order valence-electron chi connectivity index (χ1n) is 41.9. The number of quaternary nitrogens is 1. The van der Waals surface area contributed by atoms with Gasteiger partial charge >= 0.3 is 11.9 Å². The van der Waals surface area contributed by atoms with Crippen LogP contribution in [0.1, 0.15) is 399 Å². The van der Waals surface area contributed by atoms with E-state index in [4.69, 9.17) is 18.5 Å². The molecule has 0 saturated carbocycles. The number of likely N-dealkylation sites (N-methyl/N-ethyl adjacent to an activating group) is 1. The molecule has 0 aromatic carbocycles. The van der Waals surface area contributed by atoms with E-state index >= 15 is 0 Å². The van der Waals surface area contributed by atoms with Crippen LogP contribution >= 0.6 is 7.82 Å². The summed E-state index contributed by atoms with van der Waals surface area (Å²) < 4.78 is 34.5. The molecule has 0 aromatic heterocycles. The zero-order chi connectivity index (χ0) is 71.1. The number of unbranched alkanes of at least 4 members (excludes halogenated alkanes) is 48. The summed E-state index contributed by atoms with van der Waals surface area (Å²) in [4.78, 5) is 38.2. The summed E-state index contributed by atoms with van der Waals surface area (Å²) in [7, 11) is 1.18. The van der Waals surface area contributed by atoms with Gasteiger partial charge in [-0.15, -0.1) is 0 Å². The van der Waals surface area contributed by atoms with Gasteiger partial charge in [0.1, 0.15) is 19.8 Å². The van der Waals surface area contributed by atoms with Gasteiger partial charge < -0.3 is 27.9 Å². The molecule has 0 amide bonds. The molecule has 0 radical (unpaired) electrons. The SMILES string of the molecule is CC/C=C\C/C=C\C/C=C\C/C=C\C/C=C\C/C=C\C/C=C\CCCCCCCCCCCCCCCCCCCC(=O)OC(COC(=O)CCCCCCCCCCCCCCCCCCCCCCCCC/C=C\CCCCCCCCCC)COP(=O)([O-])OCC[N+](C)(C)C. The lowest BCUT2D eigenvalue weighted by molar-refractivity contribution is -0.870. The van der Waals surface area contributed by atoms with Crippen LogP contribution in [0.5, 0.6) is 0 Å². The standard InChI is InChI=1S/C88H160NO8P/c1-6-8-10-12-14-16-18-20-22-24-26-28-30-32-34-36-38-40-42-43-44-45-47-49-51-53-55-57-59-61-63-65-67-69-71-73-75-77-79-81-88(91)97-86(85-96-98(92,93)95-83-82-89(3,4)5)84-94-87(90)80-78-76-74-72-70-68-66-64-62-60-58-56-54-52-50-48-46-41-39-37-35-33-31-29-27-25-23-21-19-17-15-13-11-9-7-2/h8,10,14,16,20,22,25-28,32,34,38,40,43-44,86H,6-7,9,11-13,15,17-19,21,23-24,29-31,33,35-37,39,41-42,45-85H2,1-5H3/b10-8-,16-14-,22-20-,27-25-,28-26-,34-32-,40-38-,44-43-. The van der Waals surface area contributed by atoms with Crippen LogP contribution in [0.3, 0.4) is 0 Å². The van der Waals surface area contributed by atoms with E-state index in [0.717, 1.165) is 83.5 Å². The van der Waals surface area contributed by atoms with Gasteiger partial charge in [-0.3, -0.25) is 14.2 Å². The van der Waals surface area contributed by atoms with Crippen molar-refractivity contribution in [2.45, 2.75) is 405 Å². The summed E-state index contributed by atoms with van der Waals surface area (Å²) >= 11 is 0. The molecule has 0 saturated heterocycles. The first kappa shape index (κ1) is 94.9. The van der Waals surface area contributed by atoms with Crippen molar-refractivity contribution in [1.82, 2.24) is 0 Å². The third-order valence-corrected chi connectivity index (χ3v) is 19.6. The molecule has 570 valence electrons. The molecule has 0 bridgehead atoms. The number of hydrogen-bond acceptors (Lipinski definition) is 8. The first-order chi connectivity index (χ1) is 48.0. The molecule has 9 nitrogen and oxygen atoms in total. The molecule has 0 aliphatic rings. The molecule has 98 heavy (non-hydrogen) atoms. The Morgan fingerprint density at radius 3 is 0.878 bits per heavy atom. The predicted molar refractivity (Wildman–Crippen MR) is 425 cm³/mol. The zero-order valence-electron chi connectivity index (χ0n) is 65.2. The average Bonchev–Trinajstić information content (AvgIpc) is 1.23. The van der Waals surface area contributed by atoms with E-state index in [0.29, 0.717) is 17.4 Å². The largest absolute Gasteiger partial charge is 0.756 e. The number of carbonyl (C=O) groups excluding carboxylic acids is 2. The molecule has 0 N–H and O–H groups in total. The van der Waals surface area contributed by atoms with E-state index in [-0.39, 0.29) is 32.0 Å². The molecule has 0 aliphatic carbocycles. The second kappa shape index (κ2) is 78.1. The number of phosphoric ester groups is 1. The van der Waals surface area contributed by atoms with E-state index in [2.05, 4.69) is 111 Å². The van der Waals surface area contributed by atoms with E-state index in [1.165, 1.54) is 283 Å². The number of allylic oxidation sites excluding steroid dienone is 16. The molecule has 0 rings (SSSR count). The number of esters is 2. The summed E-state index contributed by atoms with van der Waals surface area (Å²) in [5.74, 6) is -0.815. The van der Waals surface area contributed by atoms with Gasteiger partial charge in [-0.25, -0.2) is 0 Å². The van der Waals surface area contributed by atoms with Gasteiger partial charge in [0.25, 0.3) is 7.82 Å². The van der Waals surface area contributed by atoms with Gasteiger partial charge in [-0.2, -0.15) is 0 Å². The van der Waals surface area contributed by atoms with Crippen LogP contribution in [0.4, 0.5) is 0 Å². The highest BCUT2D eigenvalue weighted by atomic mass is 31.2. The number of carbonyl (C=O) groups is 2. The zero-order valence-corrected chi connectivity index (χ0v) is 66.1. The van der Waals surface area contributed by atoms with Crippen molar-refractivity contribution in [3.8, 4) is 0 Å². The Hall–Kier alpha value is -3.07. The van der Waals surface area contributed by atoms with Gasteiger partial charge in [0.15, 0.2) is 6.10 Å². The Bertz CT molecular complexity index is 1980. The molecule has 0 aromatic rings. The first-order valence-corrected chi connectivity index (χ1v) is 43.4. The van der Waals surface area contributed by atoms with Gasteiger partial charge in [0.2, 0.25) is 0 Å². The smallest absolute Gasteiger partial charge is 0.306 e. The number of ether oxygens (including phenoxy) is 2. The monoisotopic (exact) mass is 1390 g/mol. The quantitative estimate of drug-likeness (QED) is 0.0195. The maximum Gasteiger partial charge on any atom is 0.306 e. The van der Waals surface area contributed by atoms with Crippen molar-refractivity contribution >= 4 is 19.8 Å². The molecule has 0 aliphatic heterocycles. The van der Waals surface area contributed by atoms with E-state index in [1.54, 1.807) is 0 Å². The van der Waals surface area contributed by atoms with Gasteiger partial charge in [0, 0.05) is 12.8 Å². The maximum atomic E-state index is 12.9. The Kier molecular flexibility index (Phi) is 75.6. The highest BCUT2D eigenvalue weighted by molar-refractivity contribution is 7.45. The molecule has 2 unspecified atom stereocenters. The molecule has 0 spiro atoms. The molecule has 0 fully saturated rings. The normalized spacial score (nSPS) is 13.5. The van der Waals surface area contributed by atoms with Crippen LogP contribution in [0.15, 0.2) is 97.2 Å². The number of nitrogens with zero attached hydrogens (tertiary/aromatic N) is 1. The fraction of sp³-hybridized carbons (Fsp3) is 0.795. The van der Waals surface area contributed by atoms with E-state index in [1.807, 2.05) is 21.1 Å². The van der Waals surface area contributed by atoms with Gasteiger partial charge in [-0.1, -0.05) is 387 Å². The molecular formula is C88H160NO8P. The summed E-state index contributed by atoms with van der Waals surface area (Å²) in [6.07, 6.45) is 110. The Labute approximate surface area is 608 Å². The van der Waals surface area contributed by atoms with Crippen molar-refractivity contribution in [3.05, 3.63) is 97.2 Å². The lowest BCUT2D eigenvalue weighted by Gasteiger charge is -2.28. The fourth-order valence-electron chi connectivity index (χ4n) is 12.2. The predicted octanol–water partition coefficient (Wildman–Crippen LogP) is 27.5. The van der Waals surface area contributed by atoms with Crippen molar-refractivity contribution < 1.29 is 42.1 Å². The lowest BCUT2D eigenvalue weighted by atomic mass is 10.0. The summed E-state index contributed by atoms with van der Waals surface area (Å²) in [6, 6.07) is 0. The molecule has 2 atom stereocenters. The minimum Gasteiger partial charge on any atom is -0.756 e. The van der Waals surface area contributed by atoms with Crippen LogP contribution < -0.4 is 4.89 Å². The molecule has 10 heteroatoms. The van der Waals surface area contributed by atoms with E-state index < -0.39 is 26.5 Å². The molecule has 0 heterocycles. The number of hydrogen-bond donors (Lipinski definition) is 0. The Balaban J connectivity index is 3.92. The maximum absolute atomic E-state index is 12.9. The highest BCUT2D eigenvalue weighted by Crippen LogP contribution is 2.38. The van der Waals surface area contributed by atoms with Crippen LogP contribution in [-0.2, 0) is 32.7 Å². The summed E-state index contributed by atoms with van der Waals surface area (Å²) in [6.45, 7) is 4.18. The van der Waals surface area contributed by atoms with Crippen LogP contribution in [0, 0.1) is 0 Å². The minimum atomic E-state index is -4.65. The minimum absolute atomic E-state index is 0.0307. The Morgan fingerprint density at radius 1 is 0.327 bits per heavy atom. The van der Waals surface area contributed by atoms with Crippen molar-refractivity contribution in [2.75, 3.05) is 47.5 Å². The van der Waals surface area contributed by atoms with Crippen LogP contribution in [0.25, 0.3) is 0 Å². The topological polar surface area (TPSA) is 111 Å². The van der Waals surface area contributed by atoms with Crippen LogP contribution in [0.2, 0.25) is 0 Å². The Morgan fingerprint density at radius 2 is 0.582 bits per heavy atom. The van der Waals surface area contributed by atoms with Crippen molar-refractivity contribution in [1.29, 1.82) is 0 Å². The highest BCUT2D eigenvalue weighted by Gasteiger charge is 2.22. The summed E-state index contributed by atoms with van der Waals surface area (Å²) in [5, 5.41) is 0. The fourth-order valence-corrected chi connectivity index (χ4v) is 13.0. The van der Waals surface area contributed by atoms with Gasteiger partial charge in [0.05, 0.1) is 27.7 Å². The van der Waals surface area contributed by atoms with Gasteiger partial charge in [-0.05, 0) is 96.3 Å². The van der Waals surface area contributed by atoms with E-state index in [9.17, 15) is 19.0 Å².